The number of benzene rings is 2. The highest BCUT2D eigenvalue weighted by molar-refractivity contribution is 6.06. The van der Waals surface area contributed by atoms with Crippen molar-refractivity contribution in [2.75, 3.05) is 18.0 Å². The van der Waals surface area contributed by atoms with Gasteiger partial charge in [0.2, 0.25) is 11.8 Å². The first-order valence-electron chi connectivity index (χ1n) is 13.3. The standard InChI is InChI=1S/C29H34N6O7/c1-19(32-29(41)42-18-21-9-4-3-5-10-21)27(39)31-20(2)28(40)33-35(17-24(30)36)26(38)15-14-25(37)34-16-8-12-22-11-6-7-13-23(22)34/h3-7,9-11,13-15,19-20H,8,12,16-18H2,1-2H3,(H2,30,36)(H,31,39)(H,32,41)(H,33,40)/b15-14+/t19-,20-/m0/s1. The van der Waals surface area contributed by atoms with Gasteiger partial charge in [0.1, 0.15) is 25.2 Å². The van der Waals surface area contributed by atoms with E-state index in [4.69, 9.17) is 10.5 Å². The molecular weight excluding hydrogens is 544 g/mol. The van der Waals surface area contributed by atoms with Gasteiger partial charge in [-0.2, -0.15) is 0 Å². The third-order valence-corrected chi connectivity index (χ3v) is 6.26. The third kappa shape index (κ3) is 9.18. The number of nitrogens with two attached hydrogens (primary N) is 1. The van der Waals surface area contributed by atoms with E-state index in [1.807, 2.05) is 30.3 Å². The summed E-state index contributed by atoms with van der Waals surface area (Å²) in [6.45, 7) is 2.55. The molecule has 0 fully saturated rings. The predicted molar refractivity (Wildman–Crippen MR) is 152 cm³/mol. The number of anilines is 1. The molecule has 0 saturated carbocycles. The molecule has 1 aliphatic heterocycles. The Morgan fingerprint density at radius 1 is 0.929 bits per heavy atom. The summed E-state index contributed by atoms with van der Waals surface area (Å²) >= 11 is 0. The van der Waals surface area contributed by atoms with Crippen molar-refractivity contribution in [1.29, 1.82) is 0 Å². The average Bonchev–Trinajstić information content (AvgIpc) is 2.98. The Kier molecular flexibility index (Phi) is 11.2. The Morgan fingerprint density at radius 2 is 1.60 bits per heavy atom. The molecule has 222 valence electrons. The number of fused-ring (bicyclic) bond motifs is 1. The first kappa shape index (κ1) is 31.3. The second-order valence-corrected chi connectivity index (χ2v) is 9.58. The number of amides is 6. The molecule has 2 aromatic carbocycles. The Hall–Kier alpha value is -5.20. The highest BCUT2D eigenvalue weighted by Gasteiger charge is 2.25. The number of hydrogen-bond donors (Lipinski definition) is 4. The average molecular weight is 579 g/mol. The molecule has 0 unspecified atom stereocenters. The lowest BCUT2D eigenvalue weighted by molar-refractivity contribution is -0.142. The number of para-hydroxylation sites is 1. The highest BCUT2D eigenvalue weighted by Crippen LogP contribution is 2.26. The summed E-state index contributed by atoms with van der Waals surface area (Å²) in [7, 11) is 0. The second-order valence-electron chi connectivity index (χ2n) is 9.58. The van der Waals surface area contributed by atoms with Crippen molar-refractivity contribution in [1.82, 2.24) is 21.1 Å². The van der Waals surface area contributed by atoms with E-state index in [1.165, 1.54) is 13.8 Å². The van der Waals surface area contributed by atoms with Gasteiger partial charge >= 0.3 is 6.09 Å². The van der Waals surface area contributed by atoms with Crippen molar-refractivity contribution >= 4 is 41.3 Å². The number of hydrogen-bond acceptors (Lipinski definition) is 7. The summed E-state index contributed by atoms with van der Waals surface area (Å²) in [6.07, 6.45) is 2.76. The first-order valence-corrected chi connectivity index (χ1v) is 13.3. The van der Waals surface area contributed by atoms with E-state index in [1.54, 1.807) is 29.2 Å². The number of ether oxygens (including phenoxy) is 1. The minimum Gasteiger partial charge on any atom is -0.445 e. The Morgan fingerprint density at radius 3 is 2.31 bits per heavy atom. The van der Waals surface area contributed by atoms with E-state index in [0.29, 0.717) is 11.6 Å². The smallest absolute Gasteiger partial charge is 0.408 e. The van der Waals surface area contributed by atoms with Crippen LogP contribution in [0.2, 0.25) is 0 Å². The minimum atomic E-state index is -1.18. The number of alkyl carbamates (subject to hydrolysis) is 1. The van der Waals surface area contributed by atoms with E-state index < -0.39 is 54.3 Å². The van der Waals surface area contributed by atoms with Gasteiger partial charge in [0, 0.05) is 24.4 Å². The van der Waals surface area contributed by atoms with E-state index >= 15 is 0 Å². The maximum atomic E-state index is 12.8. The number of hydrazine groups is 1. The fourth-order valence-corrected chi connectivity index (χ4v) is 4.05. The summed E-state index contributed by atoms with van der Waals surface area (Å²) in [6, 6.07) is 14.2. The van der Waals surface area contributed by atoms with Gasteiger partial charge in [-0.3, -0.25) is 29.4 Å². The van der Waals surface area contributed by atoms with E-state index in [0.717, 1.165) is 41.8 Å². The van der Waals surface area contributed by atoms with Crippen LogP contribution in [0, 0.1) is 0 Å². The number of carbonyl (C=O) groups excluding carboxylic acids is 6. The topological polar surface area (TPSA) is 180 Å². The zero-order valence-electron chi connectivity index (χ0n) is 23.4. The molecule has 2 aromatic rings. The fraction of sp³-hybridized carbons (Fsp3) is 0.310. The molecule has 13 nitrogen and oxygen atoms in total. The lowest BCUT2D eigenvalue weighted by Crippen LogP contribution is -2.56. The molecule has 1 heterocycles. The maximum Gasteiger partial charge on any atom is 0.408 e. The SMILES string of the molecule is C[C@H](NC(=O)OCc1ccccc1)C(=O)N[C@@H](C)C(=O)NN(CC(N)=O)C(=O)/C=C/C(=O)N1CCCc2ccccc21. The van der Waals surface area contributed by atoms with Crippen molar-refractivity contribution < 1.29 is 33.5 Å². The van der Waals surface area contributed by atoms with Gasteiger partial charge in [-0.15, -0.1) is 0 Å². The Balaban J connectivity index is 1.53. The normalized spacial score (nSPS) is 13.7. The van der Waals surface area contributed by atoms with E-state index in [9.17, 15) is 28.8 Å². The van der Waals surface area contributed by atoms with E-state index in [2.05, 4.69) is 16.1 Å². The monoisotopic (exact) mass is 578 g/mol. The molecule has 0 bridgehead atoms. The molecule has 0 aliphatic carbocycles. The van der Waals surface area contributed by atoms with Gasteiger partial charge in [0.25, 0.3) is 17.7 Å². The summed E-state index contributed by atoms with van der Waals surface area (Å²) < 4.78 is 5.08. The molecule has 0 aromatic heterocycles. The van der Waals surface area contributed by atoms with Gasteiger partial charge < -0.3 is 26.0 Å². The molecule has 5 N–H and O–H groups in total. The largest absolute Gasteiger partial charge is 0.445 e. The lowest BCUT2D eigenvalue weighted by Gasteiger charge is -2.28. The van der Waals surface area contributed by atoms with Crippen LogP contribution in [-0.4, -0.2) is 65.8 Å². The molecule has 13 heteroatoms. The summed E-state index contributed by atoms with van der Waals surface area (Å²) in [5.74, 6) is -3.78. The zero-order chi connectivity index (χ0) is 30.6. The van der Waals surface area contributed by atoms with Gasteiger partial charge in [-0.25, -0.2) is 9.80 Å². The van der Waals surface area contributed by atoms with Crippen LogP contribution in [-0.2, 0) is 41.7 Å². The number of nitrogens with zero attached hydrogens (tertiary/aromatic N) is 2. The number of nitrogens with one attached hydrogen (secondary N) is 3. The van der Waals surface area contributed by atoms with Crippen LogP contribution in [0.1, 0.15) is 31.4 Å². The van der Waals surface area contributed by atoms with Crippen molar-refractivity contribution in [2.45, 2.75) is 45.4 Å². The zero-order valence-corrected chi connectivity index (χ0v) is 23.4. The van der Waals surface area contributed by atoms with Gasteiger partial charge in [0.15, 0.2) is 0 Å². The molecule has 1 aliphatic rings. The first-order chi connectivity index (χ1) is 20.0. The Bertz CT molecular complexity index is 1350. The van der Waals surface area contributed by atoms with Crippen molar-refractivity contribution in [3.8, 4) is 0 Å². The van der Waals surface area contributed by atoms with E-state index in [-0.39, 0.29) is 6.61 Å². The molecule has 2 atom stereocenters. The summed E-state index contributed by atoms with van der Waals surface area (Å²) in [5.41, 5.74) is 10.0. The lowest BCUT2D eigenvalue weighted by atomic mass is 10.0. The summed E-state index contributed by atoms with van der Waals surface area (Å²) in [5, 5.41) is 5.41. The molecular formula is C29H34N6O7. The summed E-state index contributed by atoms with van der Waals surface area (Å²) in [4.78, 5) is 76.0. The van der Waals surface area contributed by atoms with Gasteiger partial charge in [-0.05, 0) is 43.9 Å². The van der Waals surface area contributed by atoms with Gasteiger partial charge in [0.05, 0.1) is 0 Å². The van der Waals surface area contributed by atoms with Crippen LogP contribution in [0.25, 0.3) is 0 Å². The number of carbonyl (C=O) groups is 6. The molecule has 0 radical (unpaired) electrons. The minimum absolute atomic E-state index is 0.00884. The van der Waals surface area contributed by atoms with Crippen LogP contribution < -0.4 is 26.7 Å². The maximum absolute atomic E-state index is 12.8. The van der Waals surface area contributed by atoms with Crippen molar-refractivity contribution in [3.63, 3.8) is 0 Å². The molecule has 0 spiro atoms. The van der Waals surface area contributed by atoms with Crippen LogP contribution in [0.3, 0.4) is 0 Å². The second kappa shape index (κ2) is 15.0. The quantitative estimate of drug-likeness (QED) is 0.236. The molecule has 6 amide bonds. The Labute approximate surface area is 243 Å². The van der Waals surface area contributed by atoms with Crippen molar-refractivity contribution in [3.05, 3.63) is 77.9 Å². The molecule has 0 saturated heterocycles. The molecule has 42 heavy (non-hydrogen) atoms. The van der Waals surface area contributed by atoms with Crippen LogP contribution >= 0.6 is 0 Å². The number of aryl methyl sites for hydroxylation is 1. The fourth-order valence-electron chi connectivity index (χ4n) is 4.05. The van der Waals surface area contributed by atoms with Gasteiger partial charge in [-0.1, -0.05) is 48.5 Å². The van der Waals surface area contributed by atoms with Crippen LogP contribution in [0.5, 0.6) is 0 Å². The third-order valence-electron chi connectivity index (χ3n) is 6.26. The van der Waals surface area contributed by atoms with Crippen LogP contribution in [0.15, 0.2) is 66.7 Å². The predicted octanol–water partition coefficient (Wildman–Crippen LogP) is 0.687. The number of primary amides is 1. The number of rotatable bonds is 10. The molecule has 3 rings (SSSR count). The van der Waals surface area contributed by atoms with Crippen LogP contribution in [0.4, 0.5) is 10.5 Å². The van der Waals surface area contributed by atoms with Crippen molar-refractivity contribution in [2.24, 2.45) is 5.73 Å². The highest BCUT2D eigenvalue weighted by atomic mass is 16.5.